The molecule has 0 spiro atoms. The fraction of sp³-hybridized carbons (Fsp3) is 0.214. The fourth-order valence-corrected chi connectivity index (χ4v) is 2.96. The largest absolute Gasteiger partial charge is 0.322 e. The van der Waals surface area contributed by atoms with Crippen molar-refractivity contribution in [2.24, 2.45) is 0 Å². The van der Waals surface area contributed by atoms with Crippen LogP contribution in [0.1, 0.15) is 23.7 Å². The SMILES string of the molecule is CC(Cl)c1nc2ccccc2n1Cc1ccsc1. The van der Waals surface area contributed by atoms with Gasteiger partial charge in [0.25, 0.3) is 0 Å². The van der Waals surface area contributed by atoms with E-state index in [0.717, 1.165) is 23.4 Å². The molecule has 3 aromatic rings. The zero-order chi connectivity index (χ0) is 12.5. The highest BCUT2D eigenvalue weighted by Crippen LogP contribution is 2.25. The number of aromatic nitrogens is 2. The Kier molecular flexibility index (Phi) is 3.10. The number of para-hydroxylation sites is 2. The minimum atomic E-state index is -0.0870. The molecule has 0 saturated carbocycles. The number of benzene rings is 1. The van der Waals surface area contributed by atoms with Gasteiger partial charge >= 0.3 is 0 Å². The molecule has 4 heteroatoms. The van der Waals surface area contributed by atoms with Gasteiger partial charge in [-0.15, -0.1) is 11.6 Å². The van der Waals surface area contributed by atoms with Crippen LogP contribution in [0.15, 0.2) is 41.1 Å². The molecule has 0 fully saturated rings. The van der Waals surface area contributed by atoms with Crippen LogP contribution in [0, 0.1) is 0 Å². The van der Waals surface area contributed by atoms with Crippen LogP contribution in [0.5, 0.6) is 0 Å². The van der Waals surface area contributed by atoms with Crippen LogP contribution in [-0.2, 0) is 6.54 Å². The molecular weight excluding hydrogens is 264 g/mol. The number of hydrogen-bond acceptors (Lipinski definition) is 2. The maximum atomic E-state index is 6.24. The summed E-state index contributed by atoms with van der Waals surface area (Å²) in [6.45, 7) is 2.79. The van der Waals surface area contributed by atoms with Gasteiger partial charge in [0.2, 0.25) is 0 Å². The average molecular weight is 277 g/mol. The minimum absolute atomic E-state index is 0.0870. The zero-order valence-electron chi connectivity index (χ0n) is 10.0. The van der Waals surface area contributed by atoms with Gasteiger partial charge in [-0.05, 0) is 41.4 Å². The lowest BCUT2D eigenvalue weighted by Crippen LogP contribution is -2.05. The number of thiophene rings is 1. The second-order valence-corrected chi connectivity index (χ2v) is 5.73. The first-order valence-corrected chi connectivity index (χ1v) is 7.24. The highest BCUT2D eigenvalue weighted by molar-refractivity contribution is 7.07. The van der Waals surface area contributed by atoms with Crippen LogP contribution in [0.25, 0.3) is 11.0 Å². The monoisotopic (exact) mass is 276 g/mol. The van der Waals surface area contributed by atoms with E-state index in [2.05, 4.69) is 32.4 Å². The molecule has 1 atom stereocenters. The van der Waals surface area contributed by atoms with E-state index in [1.807, 2.05) is 25.1 Å². The van der Waals surface area contributed by atoms with Crippen molar-refractivity contribution < 1.29 is 0 Å². The molecule has 0 aliphatic rings. The Bertz CT molecular complexity index is 656. The molecule has 0 N–H and O–H groups in total. The Hall–Kier alpha value is -1.32. The van der Waals surface area contributed by atoms with Gasteiger partial charge in [0.05, 0.1) is 23.0 Å². The fourth-order valence-electron chi connectivity index (χ4n) is 2.13. The van der Waals surface area contributed by atoms with Gasteiger partial charge in [0, 0.05) is 0 Å². The summed E-state index contributed by atoms with van der Waals surface area (Å²) in [6, 6.07) is 10.3. The third kappa shape index (κ3) is 2.04. The number of halogens is 1. The van der Waals surface area contributed by atoms with Crippen LogP contribution in [0.3, 0.4) is 0 Å². The number of alkyl halides is 1. The topological polar surface area (TPSA) is 17.8 Å². The van der Waals surface area contributed by atoms with Crippen LogP contribution < -0.4 is 0 Å². The predicted octanol–water partition coefficient (Wildman–Crippen LogP) is 4.45. The van der Waals surface area contributed by atoms with Gasteiger partial charge in [0.1, 0.15) is 5.82 Å². The van der Waals surface area contributed by atoms with Crippen LogP contribution in [-0.4, -0.2) is 9.55 Å². The lowest BCUT2D eigenvalue weighted by atomic mass is 10.3. The van der Waals surface area contributed by atoms with Crippen molar-refractivity contribution in [1.29, 1.82) is 0 Å². The standard InChI is InChI=1S/C14H13ClN2S/c1-10(15)14-16-12-4-2-3-5-13(12)17(14)8-11-6-7-18-9-11/h2-7,9-10H,8H2,1H3. The van der Waals surface area contributed by atoms with Gasteiger partial charge in [-0.1, -0.05) is 12.1 Å². The van der Waals surface area contributed by atoms with Crippen molar-refractivity contribution in [2.45, 2.75) is 18.8 Å². The summed E-state index contributed by atoms with van der Waals surface area (Å²) in [5, 5.41) is 4.17. The quantitative estimate of drug-likeness (QED) is 0.647. The van der Waals surface area contributed by atoms with E-state index in [-0.39, 0.29) is 5.38 Å². The van der Waals surface area contributed by atoms with E-state index in [0.29, 0.717) is 0 Å². The maximum absolute atomic E-state index is 6.24. The molecule has 2 aromatic heterocycles. The second kappa shape index (κ2) is 4.75. The summed E-state index contributed by atoms with van der Waals surface area (Å²) in [5.41, 5.74) is 3.45. The summed E-state index contributed by atoms with van der Waals surface area (Å²) >= 11 is 7.95. The Morgan fingerprint density at radius 1 is 1.33 bits per heavy atom. The molecule has 2 nitrogen and oxygen atoms in total. The van der Waals surface area contributed by atoms with Crippen molar-refractivity contribution in [3.63, 3.8) is 0 Å². The minimum Gasteiger partial charge on any atom is -0.322 e. The highest BCUT2D eigenvalue weighted by atomic mass is 35.5. The molecule has 18 heavy (non-hydrogen) atoms. The smallest absolute Gasteiger partial charge is 0.128 e. The number of rotatable bonds is 3. The van der Waals surface area contributed by atoms with Crippen molar-refractivity contribution >= 4 is 34.0 Å². The highest BCUT2D eigenvalue weighted by Gasteiger charge is 2.14. The molecule has 0 radical (unpaired) electrons. The van der Waals surface area contributed by atoms with Crippen molar-refractivity contribution in [3.05, 3.63) is 52.5 Å². The summed E-state index contributed by atoms with van der Waals surface area (Å²) in [5.74, 6) is 0.934. The Morgan fingerprint density at radius 2 is 2.17 bits per heavy atom. The van der Waals surface area contributed by atoms with E-state index in [1.165, 1.54) is 5.56 Å². The molecule has 2 heterocycles. The molecule has 1 unspecified atom stereocenters. The third-order valence-electron chi connectivity index (χ3n) is 2.96. The Balaban J connectivity index is 2.15. The molecule has 3 rings (SSSR count). The van der Waals surface area contributed by atoms with Gasteiger partial charge < -0.3 is 4.57 Å². The number of imidazole rings is 1. The van der Waals surface area contributed by atoms with Crippen LogP contribution >= 0.6 is 22.9 Å². The molecule has 0 aliphatic heterocycles. The normalized spacial score (nSPS) is 13.0. The predicted molar refractivity (Wildman–Crippen MR) is 77.4 cm³/mol. The summed E-state index contributed by atoms with van der Waals surface area (Å²) in [4.78, 5) is 4.63. The average Bonchev–Trinajstić information content (AvgIpc) is 2.98. The number of fused-ring (bicyclic) bond motifs is 1. The van der Waals surface area contributed by atoms with Crippen molar-refractivity contribution in [2.75, 3.05) is 0 Å². The van der Waals surface area contributed by atoms with Gasteiger partial charge in [-0.25, -0.2) is 4.98 Å². The molecule has 0 bridgehead atoms. The zero-order valence-corrected chi connectivity index (χ0v) is 11.6. The van der Waals surface area contributed by atoms with Gasteiger partial charge in [0.15, 0.2) is 0 Å². The molecule has 0 saturated heterocycles. The molecular formula is C14H13ClN2S. The molecule has 92 valence electrons. The number of hydrogen-bond donors (Lipinski definition) is 0. The van der Waals surface area contributed by atoms with Gasteiger partial charge in [-0.2, -0.15) is 11.3 Å². The first kappa shape index (κ1) is 11.8. The Morgan fingerprint density at radius 3 is 2.89 bits per heavy atom. The van der Waals surface area contributed by atoms with E-state index >= 15 is 0 Å². The summed E-state index contributed by atoms with van der Waals surface area (Å²) in [6.07, 6.45) is 0. The Labute approximate surface area is 115 Å². The lowest BCUT2D eigenvalue weighted by Gasteiger charge is -2.09. The van der Waals surface area contributed by atoms with E-state index in [1.54, 1.807) is 11.3 Å². The maximum Gasteiger partial charge on any atom is 0.128 e. The van der Waals surface area contributed by atoms with Crippen molar-refractivity contribution in [3.8, 4) is 0 Å². The lowest BCUT2D eigenvalue weighted by molar-refractivity contribution is 0.744. The number of nitrogens with zero attached hydrogens (tertiary/aromatic N) is 2. The van der Waals surface area contributed by atoms with E-state index in [4.69, 9.17) is 11.6 Å². The van der Waals surface area contributed by atoms with Crippen LogP contribution in [0.4, 0.5) is 0 Å². The van der Waals surface area contributed by atoms with Crippen LogP contribution in [0.2, 0.25) is 0 Å². The summed E-state index contributed by atoms with van der Waals surface area (Å²) < 4.78 is 2.20. The molecule has 0 aliphatic carbocycles. The van der Waals surface area contributed by atoms with E-state index in [9.17, 15) is 0 Å². The third-order valence-corrected chi connectivity index (χ3v) is 3.89. The van der Waals surface area contributed by atoms with E-state index < -0.39 is 0 Å². The molecule has 1 aromatic carbocycles. The van der Waals surface area contributed by atoms with Gasteiger partial charge in [-0.3, -0.25) is 0 Å². The second-order valence-electron chi connectivity index (χ2n) is 4.29. The summed E-state index contributed by atoms with van der Waals surface area (Å²) in [7, 11) is 0. The van der Waals surface area contributed by atoms with Crippen molar-refractivity contribution in [1.82, 2.24) is 9.55 Å². The first-order chi connectivity index (χ1) is 8.75. The molecule has 0 amide bonds. The first-order valence-electron chi connectivity index (χ1n) is 5.86.